The summed E-state index contributed by atoms with van der Waals surface area (Å²) in [6.07, 6.45) is 3.33. The van der Waals surface area contributed by atoms with E-state index >= 15 is 0 Å². The Kier molecular flexibility index (Phi) is 2.26. The maximum absolute atomic E-state index is 10.8. The number of H-pyrrole nitrogens is 1. The molecule has 0 atom stereocenters. The van der Waals surface area contributed by atoms with Crippen molar-refractivity contribution in [3.63, 3.8) is 0 Å². The van der Waals surface area contributed by atoms with Crippen LogP contribution >= 0.6 is 0 Å². The second-order valence-corrected chi connectivity index (χ2v) is 3.80. The van der Waals surface area contributed by atoms with Crippen molar-refractivity contribution >= 4 is 16.7 Å². The third kappa shape index (κ3) is 1.69. The molecule has 6 heteroatoms. The zero-order valence-corrected chi connectivity index (χ0v) is 9.16. The molecule has 88 valence electrons. The van der Waals surface area contributed by atoms with E-state index in [0.29, 0.717) is 5.69 Å². The monoisotopic (exact) mass is 240 g/mol. The lowest BCUT2D eigenvalue weighted by molar-refractivity contribution is 0.0690. The molecule has 0 fully saturated rings. The third-order valence-corrected chi connectivity index (χ3v) is 2.65. The van der Waals surface area contributed by atoms with Gasteiger partial charge in [-0.15, -0.1) is 0 Å². The van der Waals surface area contributed by atoms with Gasteiger partial charge in [0.15, 0.2) is 0 Å². The van der Waals surface area contributed by atoms with Crippen molar-refractivity contribution in [2.24, 2.45) is 0 Å². The van der Waals surface area contributed by atoms with E-state index in [4.69, 9.17) is 5.11 Å². The molecule has 3 aromatic rings. The molecule has 2 N–H and O–H groups in total. The average molecular weight is 240 g/mol. The SMILES string of the molecule is O=C(O)c1cc(-c2ccc3cnncc3c2)n[nH]1. The first-order valence-electron chi connectivity index (χ1n) is 5.23. The molecular weight excluding hydrogens is 232 g/mol. The first kappa shape index (κ1) is 10.4. The Labute approximate surface area is 101 Å². The van der Waals surface area contributed by atoms with E-state index in [1.165, 1.54) is 6.07 Å². The lowest BCUT2D eigenvalue weighted by Crippen LogP contribution is -1.95. The molecule has 0 spiro atoms. The minimum atomic E-state index is -1.03. The van der Waals surface area contributed by atoms with Gasteiger partial charge in [-0.3, -0.25) is 5.10 Å². The average Bonchev–Trinajstić information content (AvgIpc) is 2.88. The van der Waals surface area contributed by atoms with Crippen LogP contribution in [-0.2, 0) is 0 Å². The van der Waals surface area contributed by atoms with E-state index in [2.05, 4.69) is 20.4 Å². The summed E-state index contributed by atoms with van der Waals surface area (Å²) >= 11 is 0. The fourth-order valence-corrected chi connectivity index (χ4v) is 1.73. The Hall–Kier alpha value is -2.76. The molecule has 0 bridgehead atoms. The first-order chi connectivity index (χ1) is 8.74. The van der Waals surface area contributed by atoms with Gasteiger partial charge in [-0.2, -0.15) is 15.3 Å². The van der Waals surface area contributed by atoms with Gasteiger partial charge in [0.25, 0.3) is 0 Å². The lowest BCUT2D eigenvalue weighted by Gasteiger charge is -1.99. The Morgan fingerprint density at radius 3 is 2.61 bits per heavy atom. The van der Waals surface area contributed by atoms with Crippen LogP contribution in [0.15, 0.2) is 36.7 Å². The second-order valence-electron chi connectivity index (χ2n) is 3.80. The zero-order chi connectivity index (χ0) is 12.5. The van der Waals surface area contributed by atoms with Crippen molar-refractivity contribution < 1.29 is 9.90 Å². The first-order valence-corrected chi connectivity index (χ1v) is 5.23. The van der Waals surface area contributed by atoms with E-state index in [0.717, 1.165) is 16.3 Å². The van der Waals surface area contributed by atoms with Gasteiger partial charge < -0.3 is 5.11 Å². The summed E-state index contributed by atoms with van der Waals surface area (Å²) in [5, 5.41) is 24.8. The largest absolute Gasteiger partial charge is 0.477 e. The standard InChI is InChI=1S/C12H8N4O2/c17-12(18)11-4-10(15-16-11)7-1-2-8-5-13-14-6-9(8)3-7/h1-6H,(H,15,16)(H,17,18). The van der Waals surface area contributed by atoms with Crippen molar-refractivity contribution in [1.82, 2.24) is 20.4 Å². The molecule has 0 aliphatic carbocycles. The molecule has 3 rings (SSSR count). The Morgan fingerprint density at radius 2 is 1.89 bits per heavy atom. The highest BCUT2D eigenvalue weighted by atomic mass is 16.4. The van der Waals surface area contributed by atoms with Crippen molar-refractivity contribution in [2.45, 2.75) is 0 Å². The molecule has 0 unspecified atom stereocenters. The number of aromatic amines is 1. The number of carboxylic acid groups (broad SMARTS) is 1. The number of nitrogens with one attached hydrogen (secondary N) is 1. The van der Waals surface area contributed by atoms with Crippen molar-refractivity contribution in [3.8, 4) is 11.3 Å². The summed E-state index contributed by atoms with van der Waals surface area (Å²) < 4.78 is 0. The predicted molar refractivity (Wildman–Crippen MR) is 64.1 cm³/mol. The molecule has 0 saturated carbocycles. The molecule has 2 aromatic heterocycles. The molecule has 0 radical (unpaired) electrons. The van der Waals surface area contributed by atoms with Gasteiger partial charge in [0.1, 0.15) is 5.69 Å². The quantitative estimate of drug-likeness (QED) is 0.711. The van der Waals surface area contributed by atoms with Crippen LogP contribution in [0, 0.1) is 0 Å². The summed E-state index contributed by atoms with van der Waals surface area (Å²) in [7, 11) is 0. The van der Waals surface area contributed by atoms with Crippen LogP contribution in [0.3, 0.4) is 0 Å². The number of rotatable bonds is 2. The molecule has 0 amide bonds. The van der Waals surface area contributed by atoms with Crippen LogP contribution < -0.4 is 0 Å². The highest BCUT2D eigenvalue weighted by Crippen LogP contribution is 2.22. The predicted octanol–water partition coefficient (Wildman–Crippen LogP) is 1.72. The molecule has 6 nitrogen and oxygen atoms in total. The van der Waals surface area contributed by atoms with Crippen LogP contribution in [0.5, 0.6) is 0 Å². The minimum absolute atomic E-state index is 0.0675. The number of aromatic nitrogens is 4. The van der Waals surface area contributed by atoms with Crippen LogP contribution in [0.1, 0.15) is 10.5 Å². The van der Waals surface area contributed by atoms with E-state index in [-0.39, 0.29) is 5.69 Å². The number of benzene rings is 1. The Balaban J connectivity index is 2.10. The highest BCUT2D eigenvalue weighted by molar-refractivity contribution is 5.88. The normalized spacial score (nSPS) is 10.7. The molecule has 1 aromatic carbocycles. The fraction of sp³-hybridized carbons (Fsp3) is 0. The molecule has 0 aliphatic rings. The summed E-state index contributed by atoms with van der Waals surface area (Å²) in [5.74, 6) is -1.03. The van der Waals surface area contributed by atoms with Crippen LogP contribution in [0.2, 0.25) is 0 Å². The van der Waals surface area contributed by atoms with E-state index < -0.39 is 5.97 Å². The third-order valence-electron chi connectivity index (χ3n) is 2.65. The smallest absolute Gasteiger partial charge is 0.353 e. The van der Waals surface area contributed by atoms with E-state index in [9.17, 15) is 4.79 Å². The molecule has 0 saturated heterocycles. The van der Waals surface area contributed by atoms with E-state index in [1.807, 2.05) is 18.2 Å². The van der Waals surface area contributed by atoms with Crippen molar-refractivity contribution in [2.75, 3.05) is 0 Å². The fourth-order valence-electron chi connectivity index (χ4n) is 1.73. The molecule has 18 heavy (non-hydrogen) atoms. The number of carbonyl (C=O) groups is 1. The van der Waals surface area contributed by atoms with Crippen LogP contribution in [0.25, 0.3) is 22.0 Å². The zero-order valence-electron chi connectivity index (χ0n) is 9.16. The lowest BCUT2D eigenvalue weighted by atomic mass is 10.1. The number of nitrogens with zero attached hydrogens (tertiary/aromatic N) is 3. The summed E-state index contributed by atoms with van der Waals surface area (Å²) in [6, 6.07) is 7.16. The minimum Gasteiger partial charge on any atom is -0.477 e. The van der Waals surface area contributed by atoms with Gasteiger partial charge in [0.2, 0.25) is 0 Å². The number of carboxylic acids is 1. The summed E-state index contributed by atoms with van der Waals surface area (Å²) in [4.78, 5) is 10.8. The maximum Gasteiger partial charge on any atom is 0.353 e. The van der Waals surface area contributed by atoms with Gasteiger partial charge >= 0.3 is 5.97 Å². The van der Waals surface area contributed by atoms with Gasteiger partial charge in [-0.1, -0.05) is 12.1 Å². The summed E-state index contributed by atoms with van der Waals surface area (Å²) in [6.45, 7) is 0. The number of fused-ring (bicyclic) bond motifs is 1. The van der Waals surface area contributed by atoms with Gasteiger partial charge in [-0.25, -0.2) is 4.79 Å². The highest BCUT2D eigenvalue weighted by Gasteiger charge is 2.09. The molecule has 2 heterocycles. The van der Waals surface area contributed by atoms with Gasteiger partial charge in [0, 0.05) is 16.3 Å². The van der Waals surface area contributed by atoms with Gasteiger partial charge in [-0.05, 0) is 12.1 Å². The number of hydrogen-bond donors (Lipinski definition) is 2. The van der Waals surface area contributed by atoms with Gasteiger partial charge in [0.05, 0.1) is 18.1 Å². The summed E-state index contributed by atoms with van der Waals surface area (Å²) in [5.41, 5.74) is 1.49. The second kappa shape index (κ2) is 3.92. The molecule has 0 aliphatic heterocycles. The number of hydrogen-bond acceptors (Lipinski definition) is 4. The molecular formula is C12H8N4O2. The van der Waals surface area contributed by atoms with Crippen molar-refractivity contribution in [1.29, 1.82) is 0 Å². The van der Waals surface area contributed by atoms with Crippen LogP contribution in [-0.4, -0.2) is 31.5 Å². The van der Waals surface area contributed by atoms with E-state index in [1.54, 1.807) is 12.4 Å². The van der Waals surface area contributed by atoms with Crippen molar-refractivity contribution in [3.05, 3.63) is 42.4 Å². The topological polar surface area (TPSA) is 91.8 Å². The maximum atomic E-state index is 10.8. The van der Waals surface area contributed by atoms with Crippen LogP contribution in [0.4, 0.5) is 0 Å². The Morgan fingerprint density at radius 1 is 1.11 bits per heavy atom. The Bertz CT molecular complexity index is 736. The number of aromatic carboxylic acids is 1.